The van der Waals surface area contributed by atoms with Crippen molar-refractivity contribution < 1.29 is 19.4 Å². The molecule has 32 heavy (non-hydrogen) atoms. The minimum atomic E-state index is -0.877. The number of aryl methyl sites for hydroxylation is 2. The number of aliphatic hydroxyl groups excluding tert-OH is 2. The molecule has 2 N–H and O–H groups in total. The van der Waals surface area contributed by atoms with E-state index in [9.17, 15) is 14.3 Å². The number of benzene rings is 1. The molecule has 8 heteroatoms. The van der Waals surface area contributed by atoms with E-state index in [2.05, 4.69) is 16.9 Å². The molecule has 1 fully saturated rings. The lowest BCUT2D eigenvalue weighted by Gasteiger charge is -2.39. The Morgan fingerprint density at radius 3 is 2.56 bits per heavy atom. The van der Waals surface area contributed by atoms with Gasteiger partial charge in [-0.05, 0) is 50.5 Å². The summed E-state index contributed by atoms with van der Waals surface area (Å²) in [4.78, 5) is 22.0. The summed E-state index contributed by atoms with van der Waals surface area (Å²) in [5, 5.41) is 19.7. The maximum absolute atomic E-state index is 12.6. The molecule has 1 aliphatic rings. The molecular weight excluding hydrogens is 429 g/mol. The number of carbonyl (C=O) groups excluding carboxylic acids is 1. The second-order valence-corrected chi connectivity index (χ2v) is 9.78. The Balaban J connectivity index is 0.000000219. The van der Waals surface area contributed by atoms with Crippen molar-refractivity contribution in [1.29, 1.82) is 0 Å². The molecule has 0 bridgehead atoms. The minimum absolute atomic E-state index is 0.0429. The summed E-state index contributed by atoms with van der Waals surface area (Å²) in [5.41, 5.74) is 3.54. The van der Waals surface area contributed by atoms with E-state index in [-0.39, 0.29) is 23.7 Å². The van der Waals surface area contributed by atoms with Gasteiger partial charge in [-0.15, -0.1) is 11.3 Å². The van der Waals surface area contributed by atoms with E-state index in [0.717, 1.165) is 52.4 Å². The van der Waals surface area contributed by atoms with Crippen molar-refractivity contribution in [2.45, 2.75) is 52.1 Å². The third kappa shape index (κ3) is 5.49. The second-order valence-electron chi connectivity index (χ2n) is 8.54. The highest BCUT2D eigenvalue weighted by Crippen LogP contribution is 2.36. The van der Waals surface area contributed by atoms with Gasteiger partial charge in [-0.1, -0.05) is 13.0 Å². The zero-order valence-electron chi connectivity index (χ0n) is 18.9. The van der Waals surface area contributed by atoms with Crippen LogP contribution in [0.5, 0.6) is 0 Å². The lowest BCUT2D eigenvalue weighted by molar-refractivity contribution is -0.130. The zero-order chi connectivity index (χ0) is 23.5. The fourth-order valence-corrected chi connectivity index (χ4v) is 4.93. The topological polar surface area (TPSA) is 86.6 Å². The fraction of sp³-hybridized carbons (Fsp3) is 0.458. The number of thiazole rings is 1. The van der Waals surface area contributed by atoms with Crippen molar-refractivity contribution in [3.63, 3.8) is 0 Å². The quantitative estimate of drug-likeness (QED) is 0.617. The molecule has 1 aromatic carbocycles. The van der Waals surface area contributed by atoms with E-state index in [0.29, 0.717) is 5.56 Å². The monoisotopic (exact) mass is 459 g/mol. The predicted molar refractivity (Wildman–Crippen MR) is 124 cm³/mol. The number of hydrogen-bond donors (Lipinski definition) is 2. The van der Waals surface area contributed by atoms with Crippen LogP contribution in [0.4, 0.5) is 4.39 Å². The number of aromatic nitrogens is 2. The number of aliphatic hydroxyl groups is 2. The van der Waals surface area contributed by atoms with Gasteiger partial charge in [0.1, 0.15) is 11.9 Å². The summed E-state index contributed by atoms with van der Waals surface area (Å²) < 4.78 is 13.5. The Kier molecular flexibility index (Phi) is 7.59. The van der Waals surface area contributed by atoms with Crippen molar-refractivity contribution >= 4 is 27.5 Å². The van der Waals surface area contributed by atoms with Gasteiger partial charge < -0.3 is 15.1 Å². The molecular formula is C24H30FN3O3S. The molecule has 0 aliphatic carbocycles. The number of hydrogen-bond acceptors (Lipinski definition) is 6. The summed E-state index contributed by atoms with van der Waals surface area (Å²) in [6.45, 7) is 8.91. The number of halogens is 1. The molecule has 2 aromatic heterocycles. The standard InChI is InChI=1S/C16H24N2O3.C8H6FNS/c1-11-8-13(14(21)10-19)9-17-15(11)16(3)4-6-18(7-5-16)12(2)20;1-5-10-7-3-2-6(9)4-8(7)11-5/h8-9,14,19,21H,4-7,10H2,1-3H3;2-4H,1H3/t14-;/m1./s1. The highest BCUT2D eigenvalue weighted by atomic mass is 32.1. The highest BCUT2D eigenvalue weighted by Gasteiger charge is 2.34. The second kappa shape index (κ2) is 10.0. The van der Waals surface area contributed by atoms with Crippen LogP contribution in [-0.2, 0) is 10.2 Å². The summed E-state index contributed by atoms with van der Waals surface area (Å²) in [5.74, 6) is -0.0655. The number of pyridine rings is 1. The average molecular weight is 460 g/mol. The first-order valence-electron chi connectivity index (χ1n) is 10.7. The van der Waals surface area contributed by atoms with E-state index in [1.54, 1.807) is 19.2 Å². The summed E-state index contributed by atoms with van der Waals surface area (Å²) >= 11 is 1.52. The zero-order valence-corrected chi connectivity index (χ0v) is 19.7. The first kappa shape index (κ1) is 24.2. The number of amides is 1. The van der Waals surface area contributed by atoms with E-state index in [1.807, 2.05) is 24.8 Å². The van der Waals surface area contributed by atoms with Gasteiger partial charge in [0.15, 0.2) is 0 Å². The third-order valence-corrected chi connectivity index (χ3v) is 6.93. The number of rotatable bonds is 3. The van der Waals surface area contributed by atoms with Crippen molar-refractivity contribution in [2.24, 2.45) is 0 Å². The van der Waals surface area contributed by atoms with Crippen LogP contribution in [0, 0.1) is 19.7 Å². The molecule has 3 aromatic rings. The number of carbonyl (C=O) groups is 1. The lowest BCUT2D eigenvalue weighted by Crippen LogP contribution is -2.43. The molecule has 172 valence electrons. The van der Waals surface area contributed by atoms with Gasteiger partial charge in [-0.2, -0.15) is 0 Å². The van der Waals surface area contributed by atoms with Gasteiger partial charge in [0.2, 0.25) is 5.91 Å². The highest BCUT2D eigenvalue weighted by molar-refractivity contribution is 7.18. The molecule has 1 atom stereocenters. The van der Waals surface area contributed by atoms with Gasteiger partial charge in [0, 0.05) is 42.9 Å². The van der Waals surface area contributed by atoms with E-state index in [1.165, 1.54) is 23.5 Å². The van der Waals surface area contributed by atoms with Gasteiger partial charge >= 0.3 is 0 Å². The summed E-state index contributed by atoms with van der Waals surface area (Å²) in [7, 11) is 0. The third-order valence-electron chi connectivity index (χ3n) is 6.00. The average Bonchev–Trinajstić information content (AvgIpc) is 3.12. The van der Waals surface area contributed by atoms with Crippen molar-refractivity contribution in [3.8, 4) is 0 Å². The molecule has 0 radical (unpaired) electrons. The maximum Gasteiger partial charge on any atom is 0.219 e. The molecule has 6 nitrogen and oxygen atoms in total. The molecule has 1 amide bonds. The number of fused-ring (bicyclic) bond motifs is 1. The molecule has 3 heterocycles. The van der Waals surface area contributed by atoms with Crippen LogP contribution in [0.1, 0.15) is 54.6 Å². The van der Waals surface area contributed by atoms with Crippen LogP contribution in [0.25, 0.3) is 10.2 Å². The number of nitrogens with zero attached hydrogens (tertiary/aromatic N) is 3. The Morgan fingerprint density at radius 1 is 1.28 bits per heavy atom. The summed E-state index contributed by atoms with van der Waals surface area (Å²) in [6.07, 6.45) is 2.55. The molecule has 0 saturated carbocycles. The van der Waals surface area contributed by atoms with Crippen molar-refractivity contribution in [1.82, 2.24) is 14.9 Å². The molecule has 0 unspecified atom stereocenters. The van der Waals surface area contributed by atoms with E-state index in [4.69, 9.17) is 5.11 Å². The van der Waals surface area contributed by atoms with Crippen molar-refractivity contribution in [2.75, 3.05) is 19.7 Å². The molecule has 1 aliphatic heterocycles. The summed E-state index contributed by atoms with van der Waals surface area (Å²) in [6, 6.07) is 6.54. The minimum Gasteiger partial charge on any atom is -0.393 e. The van der Waals surface area contributed by atoms with Crippen LogP contribution in [0.15, 0.2) is 30.5 Å². The maximum atomic E-state index is 12.6. The fourth-order valence-electron chi connectivity index (χ4n) is 4.08. The largest absolute Gasteiger partial charge is 0.393 e. The van der Waals surface area contributed by atoms with Crippen LogP contribution in [0.3, 0.4) is 0 Å². The van der Waals surface area contributed by atoms with Crippen LogP contribution in [0.2, 0.25) is 0 Å². The Labute approximate surface area is 191 Å². The number of likely N-dealkylation sites (tertiary alicyclic amines) is 1. The Bertz CT molecular complexity index is 1090. The van der Waals surface area contributed by atoms with E-state index < -0.39 is 6.10 Å². The Hall–Kier alpha value is -2.42. The van der Waals surface area contributed by atoms with E-state index >= 15 is 0 Å². The SMILES string of the molecule is CC(=O)N1CCC(C)(c2ncc([C@H](O)CO)cc2C)CC1.Cc1nc2ccc(F)cc2s1. The lowest BCUT2D eigenvalue weighted by atomic mass is 9.75. The van der Waals surface area contributed by atoms with Gasteiger partial charge in [-0.3, -0.25) is 9.78 Å². The van der Waals surface area contributed by atoms with Crippen LogP contribution < -0.4 is 0 Å². The van der Waals surface area contributed by atoms with Gasteiger partial charge in [0.25, 0.3) is 0 Å². The van der Waals surface area contributed by atoms with Crippen molar-refractivity contribution in [3.05, 3.63) is 58.1 Å². The molecule has 1 saturated heterocycles. The smallest absolute Gasteiger partial charge is 0.219 e. The molecule has 4 rings (SSSR count). The number of piperidine rings is 1. The van der Waals surface area contributed by atoms with Crippen LogP contribution >= 0.6 is 11.3 Å². The Morgan fingerprint density at radius 2 is 1.97 bits per heavy atom. The first-order chi connectivity index (χ1) is 15.1. The van der Waals surface area contributed by atoms with Crippen LogP contribution in [-0.4, -0.2) is 50.7 Å². The van der Waals surface area contributed by atoms with Gasteiger partial charge in [-0.25, -0.2) is 9.37 Å². The van der Waals surface area contributed by atoms with Gasteiger partial charge in [0.05, 0.1) is 21.8 Å². The first-order valence-corrected chi connectivity index (χ1v) is 11.5. The molecule has 0 spiro atoms. The predicted octanol–water partition coefficient (Wildman–Crippen LogP) is 4.06. The normalized spacial score (nSPS) is 16.4.